The van der Waals surface area contributed by atoms with Crippen LogP contribution in [0.3, 0.4) is 0 Å². The number of hydrogen-bond donors (Lipinski definition) is 1. The highest BCUT2D eigenvalue weighted by Gasteiger charge is 2.37. The zero-order valence-electron chi connectivity index (χ0n) is 12.4. The van der Waals surface area contributed by atoms with Crippen molar-refractivity contribution in [1.82, 2.24) is 9.80 Å². The van der Waals surface area contributed by atoms with E-state index < -0.39 is 0 Å². The molecule has 0 aromatic heterocycles. The topological polar surface area (TPSA) is 58.8 Å². The molecule has 0 spiro atoms. The lowest BCUT2D eigenvalue weighted by Gasteiger charge is -2.44. The summed E-state index contributed by atoms with van der Waals surface area (Å²) in [6.45, 7) is 9.78. The fourth-order valence-corrected chi connectivity index (χ4v) is 2.96. The van der Waals surface area contributed by atoms with Crippen LogP contribution in [-0.4, -0.2) is 60.3 Å². The number of morpholine rings is 1. The van der Waals surface area contributed by atoms with Gasteiger partial charge in [0.2, 0.25) is 0 Å². The lowest BCUT2D eigenvalue weighted by Crippen LogP contribution is -2.59. The Morgan fingerprint density at radius 1 is 1.32 bits per heavy atom. The van der Waals surface area contributed by atoms with E-state index in [0.717, 1.165) is 31.8 Å². The van der Waals surface area contributed by atoms with E-state index in [1.165, 1.54) is 0 Å². The molecule has 0 aromatic rings. The molecule has 1 atom stereocenters. The minimum Gasteiger partial charge on any atom is -0.367 e. The first-order chi connectivity index (χ1) is 8.91. The molecule has 19 heavy (non-hydrogen) atoms. The van der Waals surface area contributed by atoms with Crippen LogP contribution < -0.4 is 5.73 Å². The van der Waals surface area contributed by atoms with Crippen molar-refractivity contribution in [3.8, 4) is 0 Å². The summed E-state index contributed by atoms with van der Waals surface area (Å²) in [7, 11) is 0. The number of piperidine rings is 1. The van der Waals surface area contributed by atoms with Gasteiger partial charge >= 0.3 is 6.03 Å². The minimum atomic E-state index is -0.305. The quantitative estimate of drug-likeness (QED) is 0.780. The second-order valence-electron chi connectivity index (χ2n) is 6.57. The summed E-state index contributed by atoms with van der Waals surface area (Å²) < 4.78 is 5.87. The SMILES string of the molecule is CC1CCN(C(=O)N2CC(CN)OC(C)(C)C2)CC1. The van der Waals surface area contributed by atoms with E-state index >= 15 is 0 Å². The molecule has 2 rings (SSSR count). The van der Waals surface area contributed by atoms with Crippen LogP contribution in [0.4, 0.5) is 4.79 Å². The largest absolute Gasteiger partial charge is 0.367 e. The average molecular weight is 269 g/mol. The highest BCUT2D eigenvalue weighted by Crippen LogP contribution is 2.23. The molecule has 5 nitrogen and oxygen atoms in total. The Labute approximate surface area is 116 Å². The highest BCUT2D eigenvalue weighted by molar-refractivity contribution is 5.74. The first-order valence-corrected chi connectivity index (χ1v) is 7.33. The molecule has 0 saturated carbocycles. The van der Waals surface area contributed by atoms with E-state index in [9.17, 15) is 4.79 Å². The van der Waals surface area contributed by atoms with Crippen LogP contribution >= 0.6 is 0 Å². The summed E-state index contributed by atoms with van der Waals surface area (Å²) in [6.07, 6.45) is 2.18. The van der Waals surface area contributed by atoms with E-state index in [1.54, 1.807) is 0 Å². The van der Waals surface area contributed by atoms with Gasteiger partial charge in [-0.3, -0.25) is 0 Å². The van der Waals surface area contributed by atoms with E-state index in [4.69, 9.17) is 10.5 Å². The first kappa shape index (κ1) is 14.6. The molecule has 2 aliphatic rings. The highest BCUT2D eigenvalue weighted by atomic mass is 16.5. The van der Waals surface area contributed by atoms with Crippen LogP contribution in [0.25, 0.3) is 0 Å². The Balaban J connectivity index is 1.98. The molecule has 2 heterocycles. The summed E-state index contributed by atoms with van der Waals surface area (Å²) in [4.78, 5) is 16.5. The lowest BCUT2D eigenvalue weighted by atomic mass is 9.99. The van der Waals surface area contributed by atoms with Crippen LogP contribution in [-0.2, 0) is 4.74 Å². The maximum atomic E-state index is 12.6. The number of likely N-dealkylation sites (tertiary alicyclic amines) is 1. The van der Waals surface area contributed by atoms with Crippen molar-refractivity contribution in [3.63, 3.8) is 0 Å². The molecule has 110 valence electrons. The van der Waals surface area contributed by atoms with Crippen LogP contribution in [0, 0.1) is 5.92 Å². The smallest absolute Gasteiger partial charge is 0.320 e. The van der Waals surface area contributed by atoms with Gasteiger partial charge in [0.25, 0.3) is 0 Å². The van der Waals surface area contributed by atoms with Gasteiger partial charge in [0.1, 0.15) is 0 Å². The molecule has 2 fully saturated rings. The van der Waals surface area contributed by atoms with Gasteiger partial charge in [0.15, 0.2) is 0 Å². The fraction of sp³-hybridized carbons (Fsp3) is 0.929. The van der Waals surface area contributed by atoms with Gasteiger partial charge in [0.05, 0.1) is 18.2 Å². The van der Waals surface area contributed by atoms with Crippen LogP contribution in [0.1, 0.15) is 33.6 Å². The Morgan fingerprint density at radius 2 is 1.95 bits per heavy atom. The molecule has 0 aromatic carbocycles. The molecular formula is C14H27N3O2. The van der Waals surface area contributed by atoms with Crippen molar-refractivity contribution in [2.24, 2.45) is 11.7 Å². The van der Waals surface area contributed by atoms with Crippen LogP contribution in [0.5, 0.6) is 0 Å². The zero-order chi connectivity index (χ0) is 14.0. The molecule has 2 N–H and O–H groups in total. The number of carbonyl (C=O) groups is 1. The molecular weight excluding hydrogens is 242 g/mol. The number of nitrogens with zero attached hydrogens (tertiary/aromatic N) is 2. The first-order valence-electron chi connectivity index (χ1n) is 7.33. The molecule has 5 heteroatoms. The average Bonchev–Trinajstić information content (AvgIpc) is 2.37. The maximum absolute atomic E-state index is 12.6. The van der Waals surface area contributed by atoms with Crippen molar-refractivity contribution in [2.75, 3.05) is 32.7 Å². The molecule has 2 aliphatic heterocycles. The number of rotatable bonds is 1. The number of nitrogens with two attached hydrogens (primary N) is 1. The summed E-state index contributed by atoms with van der Waals surface area (Å²) >= 11 is 0. The summed E-state index contributed by atoms with van der Waals surface area (Å²) in [5, 5.41) is 0. The third-order valence-corrected chi connectivity index (χ3v) is 4.07. The summed E-state index contributed by atoms with van der Waals surface area (Å²) in [5.74, 6) is 0.738. The summed E-state index contributed by atoms with van der Waals surface area (Å²) in [5.41, 5.74) is 5.40. The van der Waals surface area contributed by atoms with Gasteiger partial charge in [-0.2, -0.15) is 0 Å². The predicted molar refractivity (Wildman–Crippen MR) is 74.9 cm³/mol. The van der Waals surface area contributed by atoms with Gasteiger partial charge in [-0.15, -0.1) is 0 Å². The fourth-order valence-electron chi connectivity index (χ4n) is 2.96. The maximum Gasteiger partial charge on any atom is 0.320 e. The molecule has 1 unspecified atom stereocenters. The van der Waals surface area contributed by atoms with E-state index in [1.807, 2.05) is 23.6 Å². The molecule has 2 saturated heterocycles. The van der Waals surface area contributed by atoms with E-state index in [0.29, 0.717) is 19.6 Å². The third kappa shape index (κ3) is 3.60. The normalized spacial score (nSPS) is 28.5. The number of hydrogen-bond acceptors (Lipinski definition) is 3. The molecule has 0 aliphatic carbocycles. The van der Waals surface area contributed by atoms with E-state index in [-0.39, 0.29) is 17.7 Å². The minimum absolute atomic E-state index is 0.0450. The Morgan fingerprint density at radius 3 is 2.53 bits per heavy atom. The second-order valence-corrected chi connectivity index (χ2v) is 6.57. The number of carbonyl (C=O) groups excluding carboxylic acids is 1. The van der Waals surface area contributed by atoms with E-state index in [2.05, 4.69) is 6.92 Å². The molecule has 0 bridgehead atoms. The van der Waals surface area contributed by atoms with Crippen molar-refractivity contribution >= 4 is 6.03 Å². The van der Waals surface area contributed by atoms with Gasteiger partial charge in [-0.1, -0.05) is 6.92 Å². The van der Waals surface area contributed by atoms with Crippen molar-refractivity contribution in [3.05, 3.63) is 0 Å². The van der Waals surface area contributed by atoms with Crippen molar-refractivity contribution in [2.45, 2.75) is 45.3 Å². The van der Waals surface area contributed by atoms with Crippen LogP contribution in [0.15, 0.2) is 0 Å². The van der Waals surface area contributed by atoms with Gasteiger partial charge in [0, 0.05) is 26.2 Å². The number of amides is 2. The van der Waals surface area contributed by atoms with Gasteiger partial charge < -0.3 is 20.3 Å². The Kier molecular flexibility index (Phi) is 4.36. The zero-order valence-corrected chi connectivity index (χ0v) is 12.4. The second kappa shape index (κ2) is 5.67. The summed E-state index contributed by atoms with van der Waals surface area (Å²) in [6, 6.07) is 0.154. The lowest BCUT2D eigenvalue weighted by molar-refractivity contribution is -0.123. The van der Waals surface area contributed by atoms with Crippen molar-refractivity contribution < 1.29 is 9.53 Å². The van der Waals surface area contributed by atoms with Crippen LogP contribution in [0.2, 0.25) is 0 Å². The van der Waals surface area contributed by atoms with Crippen molar-refractivity contribution in [1.29, 1.82) is 0 Å². The standard InChI is InChI=1S/C14H27N3O2/c1-11-4-6-16(7-5-11)13(18)17-9-12(8-15)19-14(2,3)10-17/h11-12H,4-10,15H2,1-3H3. The third-order valence-electron chi connectivity index (χ3n) is 4.07. The number of ether oxygens (including phenoxy) is 1. The molecule has 0 radical (unpaired) electrons. The molecule has 2 amide bonds. The Bertz CT molecular complexity index is 325. The monoisotopic (exact) mass is 269 g/mol. The Hall–Kier alpha value is -0.810. The van der Waals surface area contributed by atoms with Gasteiger partial charge in [-0.05, 0) is 32.6 Å². The van der Waals surface area contributed by atoms with Gasteiger partial charge in [-0.25, -0.2) is 4.79 Å². The number of urea groups is 1. The predicted octanol–water partition coefficient (Wildman–Crippen LogP) is 1.28.